The third kappa shape index (κ3) is 1.30. The van der Waals surface area contributed by atoms with Crippen LogP contribution in [0, 0.1) is 11.3 Å². The average Bonchev–Trinajstić information content (AvgIpc) is 2.67. The first-order valence-corrected chi connectivity index (χ1v) is 3.81. The Morgan fingerprint density at radius 2 is 2.23 bits per heavy atom. The number of aromatic nitrogens is 1. The molecular formula is C10H6N2O. The highest BCUT2D eigenvalue weighted by molar-refractivity contribution is 5.63. The van der Waals surface area contributed by atoms with Gasteiger partial charge in [-0.3, -0.25) is 4.98 Å². The molecule has 3 heteroatoms. The van der Waals surface area contributed by atoms with Crippen molar-refractivity contribution in [3.63, 3.8) is 0 Å². The lowest BCUT2D eigenvalue weighted by Crippen LogP contribution is -1.81. The predicted molar refractivity (Wildman–Crippen MR) is 46.7 cm³/mol. The third-order valence-electron chi connectivity index (χ3n) is 1.71. The maximum atomic E-state index is 8.70. The number of pyridine rings is 1. The van der Waals surface area contributed by atoms with Crippen molar-refractivity contribution in [2.24, 2.45) is 0 Å². The predicted octanol–water partition coefficient (Wildman–Crippen LogP) is 2.21. The maximum absolute atomic E-state index is 8.70. The van der Waals surface area contributed by atoms with Crippen molar-refractivity contribution >= 4 is 0 Å². The standard InChI is InChI=1S/C10H6N2O/c11-7-10-8(4-6-13-10)9-3-1-2-5-12-9/h1-6H. The van der Waals surface area contributed by atoms with Crippen molar-refractivity contribution in [3.05, 3.63) is 42.5 Å². The van der Waals surface area contributed by atoms with Gasteiger partial charge < -0.3 is 4.42 Å². The second-order valence-corrected chi connectivity index (χ2v) is 2.49. The van der Waals surface area contributed by atoms with Crippen LogP contribution in [0.3, 0.4) is 0 Å². The van der Waals surface area contributed by atoms with E-state index in [0.29, 0.717) is 5.76 Å². The van der Waals surface area contributed by atoms with E-state index in [-0.39, 0.29) is 0 Å². The largest absolute Gasteiger partial charge is 0.453 e. The van der Waals surface area contributed by atoms with Gasteiger partial charge in [0.2, 0.25) is 5.76 Å². The molecule has 0 bridgehead atoms. The summed E-state index contributed by atoms with van der Waals surface area (Å²) < 4.78 is 4.97. The summed E-state index contributed by atoms with van der Waals surface area (Å²) in [5.41, 5.74) is 1.50. The molecule has 3 nitrogen and oxygen atoms in total. The summed E-state index contributed by atoms with van der Waals surface area (Å²) in [5.74, 6) is 0.304. The van der Waals surface area contributed by atoms with Crippen molar-refractivity contribution in [2.45, 2.75) is 0 Å². The zero-order valence-electron chi connectivity index (χ0n) is 6.77. The molecule has 0 fully saturated rings. The van der Waals surface area contributed by atoms with E-state index in [4.69, 9.17) is 9.68 Å². The highest BCUT2D eigenvalue weighted by Crippen LogP contribution is 2.21. The zero-order chi connectivity index (χ0) is 9.10. The Kier molecular flexibility index (Phi) is 1.81. The van der Waals surface area contributed by atoms with E-state index in [1.165, 1.54) is 6.26 Å². The van der Waals surface area contributed by atoms with E-state index >= 15 is 0 Å². The number of rotatable bonds is 1. The quantitative estimate of drug-likeness (QED) is 0.659. The topological polar surface area (TPSA) is 49.8 Å². The van der Waals surface area contributed by atoms with Crippen molar-refractivity contribution in [1.29, 1.82) is 5.26 Å². The van der Waals surface area contributed by atoms with E-state index in [0.717, 1.165) is 11.3 Å². The Morgan fingerprint density at radius 1 is 1.31 bits per heavy atom. The maximum Gasteiger partial charge on any atom is 0.212 e. The minimum absolute atomic E-state index is 0.304. The Morgan fingerprint density at radius 3 is 2.92 bits per heavy atom. The van der Waals surface area contributed by atoms with Gasteiger partial charge in [-0.15, -0.1) is 0 Å². The summed E-state index contributed by atoms with van der Waals surface area (Å²) in [6.45, 7) is 0. The first-order valence-electron chi connectivity index (χ1n) is 3.81. The lowest BCUT2D eigenvalue weighted by Gasteiger charge is -1.93. The van der Waals surface area contributed by atoms with E-state index in [1.807, 2.05) is 24.3 Å². The fraction of sp³-hybridized carbons (Fsp3) is 0. The van der Waals surface area contributed by atoms with E-state index in [9.17, 15) is 0 Å². The van der Waals surface area contributed by atoms with Crippen LogP contribution in [-0.4, -0.2) is 4.98 Å². The van der Waals surface area contributed by atoms with Gasteiger partial charge in [0, 0.05) is 6.20 Å². The summed E-state index contributed by atoms with van der Waals surface area (Å²) in [7, 11) is 0. The van der Waals surface area contributed by atoms with Crippen LogP contribution in [0.4, 0.5) is 0 Å². The number of nitriles is 1. The summed E-state index contributed by atoms with van der Waals surface area (Å²) in [4.78, 5) is 4.12. The number of hydrogen-bond acceptors (Lipinski definition) is 3. The van der Waals surface area contributed by atoms with Crippen LogP contribution in [0.15, 0.2) is 41.1 Å². The molecule has 0 atom stereocenters. The normalized spacial score (nSPS) is 9.46. The highest BCUT2D eigenvalue weighted by Gasteiger charge is 2.07. The molecule has 0 aliphatic rings. The Balaban J connectivity index is 2.54. The molecule has 0 aliphatic heterocycles. The van der Waals surface area contributed by atoms with Crippen molar-refractivity contribution in [3.8, 4) is 17.3 Å². The summed E-state index contributed by atoms with van der Waals surface area (Å²) in [5, 5.41) is 8.70. The Hall–Kier alpha value is -2.08. The lowest BCUT2D eigenvalue weighted by atomic mass is 10.2. The molecule has 2 rings (SSSR count). The van der Waals surface area contributed by atoms with E-state index in [2.05, 4.69) is 4.98 Å². The molecule has 0 amide bonds. The van der Waals surface area contributed by atoms with Gasteiger partial charge in [0.1, 0.15) is 6.07 Å². The summed E-state index contributed by atoms with van der Waals surface area (Å²) in [6, 6.07) is 9.24. The van der Waals surface area contributed by atoms with Gasteiger partial charge in [-0.25, -0.2) is 0 Å². The molecule has 13 heavy (non-hydrogen) atoms. The molecule has 62 valence electrons. The molecule has 0 N–H and O–H groups in total. The molecule has 0 aliphatic carbocycles. The minimum atomic E-state index is 0.304. The fourth-order valence-electron chi connectivity index (χ4n) is 1.12. The first kappa shape index (κ1) is 7.56. The Labute approximate surface area is 75.3 Å². The molecule has 0 unspecified atom stereocenters. The Bertz CT molecular complexity index is 439. The molecule has 0 aromatic carbocycles. The van der Waals surface area contributed by atoms with Gasteiger partial charge in [0.25, 0.3) is 0 Å². The van der Waals surface area contributed by atoms with Gasteiger partial charge in [0.05, 0.1) is 17.5 Å². The first-order chi connectivity index (χ1) is 6.42. The van der Waals surface area contributed by atoms with E-state index in [1.54, 1.807) is 12.3 Å². The van der Waals surface area contributed by atoms with Crippen molar-refractivity contribution in [1.82, 2.24) is 4.98 Å². The third-order valence-corrected chi connectivity index (χ3v) is 1.71. The van der Waals surface area contributed by atoms with Crippen LogP contribution in [0.5, 0.6) is 0 Å². The molecule has 0 saturated carbocycles. The van der Waals surface area contributed by atoms with Crippen LogP contribution < -0.4 is 0 Å². The van der Waals surface area contributed by atoms with Crippen molar-refractivity contribution < 1.29 is 4.42 Å². The smallest absolute Gasteiger partial charge is 0.212 e. The average molecular weight is 170 g/mol. The highest BCUT2D eigenvalue weighted by atomic mass is 16.3. The van der Waals surface area contributed by atoms with Gasteiger partial charge >= 0.3 is 0 Å². The van der Waals surface area contributed by atoms with Crippen LogP contribution >= 0.6 is 0 Å². The SMILES string of the molecule is N#Cc1occc1-c1ccccn1. The van der Waals surface area contributed by atoms with Crippen molar-refractivity contribution in [2.75, 3.05) is 0 Å². The number of nitrogens with zero attached hydrogens (tertiary/aromatic N) is 2. The lowest BCUT2D eigenvalue weighted by molar-refractivity contribution is 0.553. The number of hydrogen-bond donors (Lipinski definition) is 0. The molecular weight excluding hydrogens is 164 g/mol. The second-order valence-electron chi connectivity index (χ2n) is 2.49. The van der Waals surface area contributed by atoms with Gasteiger partial charge in [-0.2, -0.15) is 5.26 Å². The zero-order valence-corrected chi connectivity index (χ0v) is 6.77. The van der Waals surface area contributed by atoms with Crippen LogP contribution in [0.1, 0.15) is 5.76 Å². The van der Waals surface area contributed by atoms with Gasteiger partial charge in [-0.1, -0.05) is 6.07 Å². The fourth-order valence-corrected chi connectivity index (χ4v) is 1.12. The second kappa shape index (κ2) is 3.11. The molecule has 0 spiro atoms. The minimum Gasteiger partial charge on any atom is -0.453 e. The number of furan rings is 1. The molecule has 2 aromatic rings. The van der Waals surface area contributed by atoms with E-state index < -0.39 is 0 Å². The summed E-state index contributed by atoms with van der Waals surface area (Å²) >= 11 is 0. The summed E-state index contributed by atoms with van der Waals surface area (Å²) in [6.07, 6.45) is 3.17. The molecule has 0 saturated heterocycles. The van der Waals surface area contributed by atoms with Crippen LogP contribution in [0.2, 0.25) is 0 Å². The monoisotopic (exact) mass is 170 g/mol. The molecule has 0 radical (unpaired) electrons. The molecule has 2 heterocycles. The van der Waals surface area contributed by atoms with Crippen LogP contribution in [-0.2, 0) is 0 Å². The van der Waals surface area contributed by atoms with Crippen LogP contribution in [0.25, 0.3) is 11.3 Å². The van der Waals surface area contributed by atoms with Gasteiger partial charge in [0.15, 0.2) is 0 Å². The molecule has 2 aromatic heterocycles. The van der Waals surface area contributed by atoms with Gasteiger partial charge in [-0.05, 0) is 18.2 Å².